The Labute approximate surface area is 116 Å². The van der Waals surface area contributed by atoms with E-state index in [1.54, 1.807) is 29.5 Å². The van der Waals surface area contributed by atoms with E-state index >= 15 is 0 Å². The molecule has 0 bridgehead atoms. The number of carbonyl (C=O) groups excluding carboxylic acids is 1. The molecule has 5 heteroatoms. The fourth-order valence-electron chi connectivity index (χ4n) is 1.80. The van der Waals surface area contributed by atoms with Gasteiger partial charge in [-0.15, -0.1) is 11.3 Å². The van der Waals surface area contributed by atoms with Gasteiger partial charge in [-0.1, -0.05) is 6.07 Å². The van der Waals surface area contributed by atoms with E-state index in [4.69, 9.17) is 10.5 Å². The normalized spacial score (nSPS) is 10.2. The molecule has 0 saturated carbocycles. The number of rotatable bonds is 4. The van der Waals surface area contributed by atoms with Gasteiger partial charge in [0.2, 0.25) is 0 Å². The van der Waals surface area contributed by atoms with Crippen molar-refractivity contribution in [3.8, 4) is 5.75 Å². The summed E-state index contributed by atoms with van der Waals surface area (Å²) >= 11 is 1.67. The van der Waals surface area contributed by atoms with Crippen LogP contribution in [0.4, 0.5) is 5.69 Å². The SMILES string of the molecule is COc1c(N)cccc1C(=O)NCc1ccc(C)s1. The topological polar surface area (TPSA) is 64.3 Å². The zero-order chi connectivity index (χ0) is 13.8. The lowest BCUT2D eigenvalue weighted by Gasteiger charge is -2.10. The van der Waals surface area contributed by atoms with Crippen LogP contribution in [0.1, 0.15) is 20.1 Å². The van der Waals surface area contributed by atoms with Crippen molar-refractivity contribution >= 4 is 22.9 Å². The molecular formula is C14H16N2O2S. The first-order valence-electron chi connectivity index (χ1n) is 5.88. The number of amides is 1. The van der Waals surface area contributed by atoms with Crippen LogP contribution in [0.15, 0.2) is 30.3 Å². The molecule has 19 heavy (non-hydrogen) atoms. The molecule has 4 nitrogen and oxygen atoms in total. The number of hydrogen-bond acceptors (Lipinski definition) is 4. The second-order valence-electron chi connectivity index (χ2n) is 4.12. The Morgan fingerprint density at radius 3 is 2.79 bits per heavy atom. The molecule has 0 aliphatic carbocycles. The number of hydrogen-bond donors (Lipinski definition) is 2. The number of thiophene rings is 1. The van der Waals surface area contributed by atoms with E-state index in [9.17, 15) is 4.79 Å². The molecule has 2 rings (SSSR count). The zero-order valence-corrected chi connectivity index (χ0v) is 11.7. The fourth-order valence-corrected chi connectivity index (χ4v) is 2.63. The number of aryl methyl sites for hydroxylation is 1. The lowest BCUT2D eigenvalue weighted by Crippen LogP contribution is -2.23. The van der Waals surface area contributed by atoms with Gasteiger partial charge in [0.25, 0.3) is 5.91 Å². The molecule has 1 heterocycles. The minimum Gasteiger partial charge on any atom is -0.494 e. The zero-order valence-electron chi connectivity index (χ0n) is 10.9. The first-order valence-corrected chi connectivity index (χ1v) is 6.69. The van der Waals surface area contributed by atoms with Crippen molar-refractivity contribution in [1.82, 2.24) is 5.32 Å². The molecule has 0 radical (unpaired) electrons. The van der Waals surface area contributed by atoms with E-state index in [0.29, 0.717) is 23.5 Å². The van der Waals surface area contributed by atoms with Crippen LogP contribution in [0.2, 0.25) is 0 Å². The van der Waals surface area contributed by atoms with Crippen LogP contribution in [0.5, 0.6) is 5.75 Å². The molecular weight excluding hydrogens is 260 g/mol. The number of nitrogens with one attached hydrogen (secondary N) is 1. The largest absolute Gasteiger partial charge is 0.494 e. The van der Waals surface area contributed by atoms with Gasteiger partial charge in [0.1, 0.15) is 0 Å². The molecule has 0 saturated heterocycles. The second kappa shape index (κ2) is 5.75. The lowest BCUT2D eigenvalue weighted by atomic mass is 10.1. The van der Waals surface area contributed by atoms with Crippen LogP contribution in [0.25, 0.3) is 0 Å². The highest BCUT2D eigenvalue weighted by molar-refractivity contribution is 7.11. The molecule has 0 aliphatic heterocycles. The van der Waals surface area contributed by atoms with Gasteiger partial charge in [-0.05, 0) is 31.2 Å². The van der Waals surface area contributed by atoms with E-state index in [1.165, 1.54) is 12.0 Å². The van der Waals surface area contributed by atoms with Gasteiger partial charge in [0, 0.05) is 9.75 Å². The Kier molecular flexibility index (Phi) is 4.06. The van der Waals surface area contributed by atoms with Crippen LogP contribution in [0, 0.1) is 6.92 Å². The van der Waals surface area contributed by atoms with Crippen LogP contribution < -0.4 is 15.8 Å². The molecule has 3 N–H and O–H groups in total. The van der Waals surface area contributed by atoms with Crippen molar-refractivity contribution in [1.29, 1.82) is 0 Å². The molecule has 0 spiro atoms. The first-order chi connectivity index (χ1) is 9.11. The minimum absolute atomic E-state index is 0.185. The maximum Gasteiger partial charge on any atom is 0.255 e. The Morgan fingerprint density at radius 2 is 2.16 bits per heavy atom. The summed E-state index contributed by atoms with van der Waals surface area (Å²) in [4.78, 5) is 14.5. The number of ether oxygens (including phenoxy) is 1. The Balaban J connectivity index is 2.10. The van der Waals surface area contributed by atoms with E-state index in [2.05, 4.69) is 5.32 Å². The number of methoxy groups -OCH3 is 1. The van der Waals surface area contributed by atoms with Gasteiger partial charge in [0.15, 0.2) is 5.75 Å². The maximum absolute atomic E-state index is 12.1. The summed E-state index contributed by atoms with van der Waals surface area (Å²) in [7, 11) is 1.51. The average Bonchev–Trinajstić information content (AvgIpc) is 2.81. The monoisotopic (exact) mass is 276 g/mol. The van der Waals surface area contributed by atoms with E-state index in [0.717, 1.165) is 4.88 Å². The maximum atomic E-state index is 12.1. The first kappa shape index (κ1) is 13.4. The Hall–Kier alpha value is -2.01. The van der Waals surface area contributed by atoms with Gasteiger partial charge >= 0.3 is 0 Å². The van der Waals surface area contributed by atoms with Crippen molar-refractivity contribution in [2.45, 2.75) is 13.5 Å². The summed E-state index contributed by atoms with van der Waals surface area (Å²) in [6.07, 6.45) is 0. The number of para-hydroxylation sites is 1. The molecule has 0 unspecified atom stereocenters. The second-order valence-corrected chi connectivity index (χ2v) is 5.50. The number of nitrogens with two attached hydrogens (primary N) is 1. The quantitative estimate of drug-likeness (QED) is 0.844. The predicted molar refractivity (Wildman–Crippen MR) is 77.6 cm³/mol. The number of nitrogen functional groups attached to an aromatic ring is 1. The fraction of sp³-hybridized carbons (Fsp3) is 0.214. The molecule has 2 aromatic rings. The van der Waals surface area contributed by atoms with Crippen molar-refractivity contribution in [3.05, 3.63) is 45.6 Å². The third-order valence-electron chi connectivity index (χ3n) is 2.71. The number of benzene rings is 1. The molecule has 1 aromatic carbocycles. The third-order valence-corrected chi connectivity index (χ3v) is 3.71. The van der Waals surface area contributed by atoms with Crippen LogP contribution in [-0.2, 0) is 6.54 Å². The summed E-state index contributed by atoms with van der Waals surface area (Å²) in [6.45, 7) is 2.55. The van der Waals surface area contributed by atoms with E-state index in [1.807, 2.05) is 19.1 Å². The minimum atomic E-state index is -0.185. The van der Waals surface area contributed by atoms with Gasteiger partial charge in [0.05, 0.1) is 24.9 Å². The van der Waals surface area contributed by atoms with Gasteiger partial charge in [-0.25, -0.2) is 0 Å². The number of anilines is 1. The highest BCUT2D eigenvalue weighted by Crippen LogP contribution is 2.25. The molecule has 1 amide bonds. The van der Waals surface area contributed by atoms with Gasteiger partial charge in [-0.2, -0.15) is 0 Å². The lowest BCUT2D eigenvalue weighted by molar-refractivity contribution is 0.0948. The van der Waals surface area contributed by atoms with Crippen molar-refractivity contribution in [2.24, 2.45) is 0 Å². The van der Waals surface area contributed by atoms with Crippen molar-refractivity contribution in [3.63, 3.8) is 0 Å². The molecule has 0 fully saturated rings. The molecule has 1 aromatic heterocycles. The smallest absolute Gasteiger partial charge is 0.255 e. The summed E-state index contributed by atoms with van der Waals surface area (Å²) in [5.74, 6) is 0.234. The summed E-state index contributed by atoms with van der Waals surface area (Å²) in [5.41, 5.74) is 6.69. The summed E-state index contributed by atoms with van der Waals surface area (Å²) in [5, 5.41) is 2.87. The van der Waals surface area contributed by atoms with Gasteiger partial charge < -0.3 is 15.8 Å². The van der Waals surface area contributed by atoms with Crippen LogP contribution >= 0.6 is 11.3 Å². The highest BCUT2D eigenvalue weighted by Gasteiger charge is 2.14. The Morgan fingerprint density at radius 1 is 1.37 bits per heavy atom. The van der Waals surface area contributed by atoms with Crippen molar-refractivity contribution < 1.29 is 9.53 Å². The van der Waals surface area contributed by atoms with Crippen LogP contribution in [0.3, 0.4) is 0 Å². The highest BCUT2D eigenvalue weighted by atomic mass is 32.1. The molecule has 0 aliphatic rings. The third kappa shape index (κ3) is 3.06. The summed E-state index contributed by atoms with van der Waals surface area (Å²) < 4.78 is 5.17. The summed E-state index contributed by atoms with van der Waals surface area (Å²) in [6, 6.07) is 9.19. The predicted octanol–water partition coefficient (Wildman–Crippen LogP) is 2.58. The van der Waals surface area contributed by atoms with Crippen molar-refractivity contribution in [2.75, 3.05) is 12.8 Å². The molecule has 0 atom stereocenters. The Bertz CT molecular complexity index is 593. The number of carbonyl (C=O) groups is 1. The van der Waals surface area contributed by atoms with E-state index in [-0.39, 0.29) is 5.91 Å². The van der Waals surface area contributed by atoms with E-state index < -0.39 is 0 Å². The molecule has 100 valence electrons. The van der Waals surface area contributed by atoms with Gasteiger partial charge in [-0.3, -0.25) is 4.79 Å². The van der Waals surface area contributed by atoms with Crippen LogP contribution in [-0.4, -0.2) is 13.0 Å². The average molecular weight is 276 g/mol. The standard InChI is InChI=1S/C14H16N2O2S/c1-9-6-7-10(19-9)8-16-14(17)11-4-3-5-12(15)13(11)18-2/h3-7H,8,15H2,1-2H3,(H,16,17).